The zero-order valence-corrected chi connectivity index (χ0v) is 11.9. The Balaban J connectivity index is 4.35. The van der Waals surface area contributed by atoms with Crippen LogP contribution in [0.15, 0.2) is 0 Å². The summed E-state index contributed by atoms with van der Waals surface area (Å²) >= 11 is 0. The quantitative estimate of drug-likeness (QED) is 0.654. The molecule has 3 nitrogen and oxygen atoms in total. The van der Waals surface area contributed by atoms with Gasteiger partial charge in [-0.2, -0.15) is 0 Å². The van der Waals surface area contributed by atoms with Gasteiger partial charge in [-0.3, -0.25) is 4.90 Å². The van der Waals surface area contributed by atoms with Gasteiger partial charge in [0.05, 0.1) is 0 Å². The normalized spacial score (nSPS) is 15.8. The first-order valence-corrected chi connectivity index (χ1v) is 6.58. The van der Waals surface area contributed by atoms with E-state index in [9.17, 15) is 0 Å². The molecule has 0 amide bonds. The molecule has 0 aromatic carbocycles. The minimum atomic E-state index is 0.214. The molecule has 1 unspecified atom stereocenters. The molecule has 0 aromatic heterocycles. The van der Waals surface area contributed by atoms with Crippen molar-refractivity contribution in [2.45, 2.75) is 45.1 Å². The number of hydrogen-bond acceptors (Lipinski definition) is 3. The average molecular weight is 229 g/mol. The molecule has 0 aromatic rings. The fourth-order valence-electron chi connectivity index (χ4n) is 2.13. The Hall–Kier alpha value is -0.120. The molecule has 2 N–H and O–H groups in total. The van der Waals surface area contributed by atoms with Gasteiger partial charge >= 0.3 is 0 Å². The predicted octanol–water partition coefficient (Wildman–Crippen LogP) is 1.78. The van der Waals surface area contributed by atoms with Crippen molar-refractivity contribution < 1.29 is 0 Å². The van der Waals surface area contributed by atoms with E-state index < -0.39 is 0 Å². The van der Waals surface area contributed by atoms with E-state index in [0.29, 0.717) is 0 Å². The standard InChI is InChI=1S/C13H31N3/c1-6-8-9-13(7-2,12-14)16(5)11-10-15(3)4/h6-12,14H2,1-5H3. The molecule has 3 heteroatoms. The van der Waals surface area contributed by atoms with Crippen molar-refractivity contribution in [3.8, 4) is 0 Å². The van der Waals surface area contributed by atoms with E-state index in [1.54, 1.807) is 0 Å². The molecular formula is C13H31N3. The minimum absolute atomic E-state index is 0.214. The second-order valence-electron chi connectivity index (χ2n) is 5.11. The van der Waals surface area contributed by atoms with Gasteiger partial charge in [0.25, 0.3) is 0 Å². The molecule has 0 saturated heterocycles. The van der Waals surface area contributed by atoms with E-state index in [1.165, 1.54) is 19.3 Å². The first-order valence-electron chi connectivity index (χ1n) is 6.58. The van der Waals surface area contributed by atoms with Crippen LogP contribution in [0.25, 0.3) is 0 Å². The van der Waals surface area contributed by atoms with Crippen molar-refractivity contribution in [3.63, 3.8) is 0 Å². The van der Waals surface area contributed by atoms with Gasteiger partial charge in [0.2, 0.25) is 0 Å². The first-order chi connectivity index (χ1) is 7.52. The maximum Gasteiger partial charge on any atom is 0.0326 e. The van der Waals surface area contributed by atoms with E-state index in [2.05, 4.69) is 44.8 Å². The first kappa shape index (κ1) is 15.9. The van der Waals surface area contributed by atoms with Gasteiger partial charge in [-0.25, -0.2) is 0 Å². The maximum atomic E-state index is 6.01. The van der Waals surface area contributed by atoms with Gasteiger partial charge in [-0.15, -0.1) is 0 Å². The summed E-state index contributed by atoms with van der Waals surface area (Å²) in [5.74, 6) is 0. The monoisotopic (exact) mass is 229 g/mol. The molecule has 0 spiro atoms. The highest BCUT2D eigenvalue weighted by Gasteiger charge is 2.30. The molecule has 0 aliphatic carbocycles. The number of likely N-dealkylation sites (N-methyl/N-ethyl adjacent to an activating group) is 2. The molecule has 0 aliphatic rings. The second kappa shape index (κ2) is 8.04. The third-order valence-electron chi connectivity index (χ3n) is 3.73. The van der Waals surface area contributed by atoms with Crippen LogP contribution in [0.5, 0.6) is 0 Å². The van der Waals surface area contributed by atoms with Crippen LogP contribution in [0, 0.1) is 0 Å². The summed E-state index contributed by atoms with van der Waals surface area (Å²) in [6.07, 6.45) is 4.90. The van der Waals surface area contributed by atoms with Crippen LogP contribution in [0.1, 0.15) is 39.5 Å². The highest BCUT2D eigenvalue weighted by Crippen LogP contribution is 2.23. The molecule has 98 valence electrons. The Morgan fingerprint density at radius 2 is 1.69 bits per heavy atom. The van der Waals surface area contributed by atoms with Gasteiger partial charge in [0.1, 0.15) is 0 Å². The van der Waals surface area contributed by atoms with Crippen molar-refractivity contribution in [1.29, 1.82) is 0 Å². The van der Waals surface area contributed by atoms with E-state index in [4.69, 9.17) is 5.73 Å². The van der Waals surface area contributed by atoms with Gasteiger partial charge in [0, 0.05) is 25.2 Å². The third kappa shape index (κ3) is 4.81. The minimum Gasteiger partial charge on any atom is -0.329 e. The summed E-state index contributed by atoms with van der Waals surface area (Å²) in [4.78, 5) is 4.69. The van der Waals surface area contributed by atoms with Crippen LogP contribution >= 0.6 is 0 Å². The average Bonchev–Trinajstić information content (AvgIpc) is 2.28. The summed E-state index contributed by atoms with van der Waals surface area (Å²) < 4.78 is 0. The fraction of sp³-hybridized carbons (Fsp3) is 1.00. The summed E-state index contributed by atoms with van der Waals surface area (Å²) in [6.45, 7) is 7.48. The predicted molar refractivity (Wildman–Crippen MR) is 72.8 cm³/mol. The number of nitrogens with zero attached hydrogens (tertiary/aromatic N) is 2. The van der Waals surface area contributed by atoms with Crippen molar-refractivity contribution in [3.05, 3.63) is 0 Å². The Morgan fingerprint density at radius 3 is 2.06 bits per heavy atom. The number of nitrogens with two attached hydrogens (primary N) is 1. The largest absolute Gasteiger partial charge is 0.329 e. The van der Waals surface area contributed by atoms with Crippen molar-refractivity contribution in [1.82, 2.24) is 9.80 Å². The summed E-state index contributed by atoms with van der Waals surface area (Å²) in [5.41, 5.74) is 6.23. The molecule has 0 fully saturated rings. The van der Waals surface area contributed by atoms with E-state index in [1.807, 2.05) is 0 Å². The summed E-state index contributed by atoms with van der Waals surface area (Å²) in [7, 11) is 6.46. The van der Waals surface area contributed by atoms with Crippen LogP contribution in [0.2, 0.25) is 0 Å². The van der Waals surface area contributed by atoms with Crippen LogP contribution in [0.3, 0.4) is 0 Å². The van der Waals surface area contributed by atoms with Crippen LogP contribution in [-0.4, -0.2) is 56.1 Å². The SMILES string of the molecule is CCCCC(CC)(CN)N(C)CCN(C)C. The van der Waals surface area contributed by atoms with Crippen molar-refractivity contribution in [2.75, 3.05) is 40.8 Å². The third-order valence-corrected chi connectivity index (χ3v) is 3.73. The maximum absolute atomic E-state index is 6.01. The van der Waals surface area contributed by atoms with Gasteiger partial charge in [0.15, 0.2) is 0 Å². The lowest BCUT2D eigenvalue weighted by Crippen LogP contribution is -2.53. The Bertz CT molecular complexity index is 165. The molecule has 16 heavy (non-hydrogen) atoms. The molecule has 0 heterocycles. The van der Waals surface area contributed by atoms with Crippen LogP contribution in [-0.2, 0) is 0 Å². The molecule has 0 radical (unpaired) electrons. The number of rotatable bonds is 9. The van der Waals surface area contributed by atoms with Gasteiger partial charge in [-0.05, 0) is 34.0 Å². The topological polar surface area (TPSA) is 32.5 Å². The van der Waals surface area contributed by atoms with Gasteiger partial charge in [-0.1, -0.05) is 26.7 Å². The second-order valence-corrected chi connectivity index (χ2v) is 5.11. The highest BCUT2D eigenvalue weighted by molar-refractivity contribution is 4.89. The summed E-state index contributed by atoms with van der Waals surface area (Å²) in [6, 6.07) is 0. The molecular weight excluding hydrogens is 198 g/mol. The Morgan fingerprint density at radius 1 is 1.06 bits per heavy atom. The smallest absolute Gasteiger partial charge is 0.0326 e. The van der Waals surface area contributed by atoms with E-state index in [0.717, 1.165) is 26.1 Å². The zero-order chi connectivity index (χ0) is 12.6. The highest BCUT2D eigenvalue weighted by atomic mass is 15.2. The summed E-state index contributed by atoms with van der Waals surface area (Å²) in [5, 5.41) is 0. The lowest BCUT2D eigenvalue weighted by molar-refractivity contribution is 0.0993. The number of hydrogen-bond donors (Lipinski definition) is 1. The molecule has 0 aliphatic heterocycles. The molecule has 1 atom stereocenters. The lowest BCUT2D eigenvalue weighted by Gasteiger charge is -2.41. The van der Waals surface area contributed by atoms with E-state index >= 15 is 0 Å². The van der Waals surface area contributed by atoms with Crippen molar-refractivity contribution >= 4 is 0 Å². The molecule has 0 saturated carbocycles. The van der Waals surface area contributed by atoms with Gasteiger partial charge < -0.3 is 10.6 Å². The lowest BCUT2D eigenvalue weighted by atomic mass is 9.88. The molecule has 0 rings (SSSR count). The van der Waals surface area contributed by atoms with Crippen molar-refractivity contribution in [2.24, 2.45) is 5.73 Å². The fourth-order valence-corrected chi connectivity index (χ4v) is 2.13. The Labute approximate surface area is 102 Å². The van der Waals surface area contributed by atoms with Crippen LogP contribution in [0.4, 0.5) is 0 Å². The molecule has 0 bridgehead atoms. The Kier molecular flexibility index (Phi) is 7.98. The van der Waals surface area contributed by atoms with E-state index in [-0.39, 0.29) is 5.54 Å². The zero-order valence-electron chi connectivity index (χ0n) is 11.9. The van der Waals surface area contributed by atoms with Crippen LogP contribution < -0.4 is 5.73 Å². The number of unbranched alkanes of at least 4 members (excludes halogenated alkanes) is 1.